The van der Waals surface area contributed by atoms with Gasteiger partial charge >= 0.3 is 0 Å². The Morgan fingerprint density at radius 1 is 1.38 bits per heavy atom. The number of hydrogen-bond acceptors (Lipinski definition) is 3. The molecule has 0 radical (unpaired) electrons. The fraction of sp³-hybridized carbons (Fsp3) is 0.765. The third kappa shape index (κ3) is 3.42. The van der Waals surface area contributed by atoms with Crippen molar-refractivity contribution in [3.8, 4) is 0 Å². The molecule has 2 saturated carbocycles. The molecule has 2 aliphatic rings. The van der Waals surface area contributed by atoms with E-state index in [2.05, 4.69) is 13.8 Å². The van der Waals surface area contributed by atoms with Crippen molar-refractivity contribution in [2.75, 3.05) is 7.11 Å². The highest BCUT2D eigenvalue weighted by molar-refractivity contribution is 5.93. The number of methoxy groups -OCH3 is 1. The van der Waals surface area contributed by atoms with Crippen molar-refractivity contribution in [3.63, 3.8) is 0 Å². The molecule has 2 rings (SSSR count). The minimum atomic E-state index is -1.41. The lowest BCUT2D eigenvalue weighted by Crippen LogP contribution is -2.49. The first-order chi connectivity index (χ1) is 9.95. The van der Waals surface area contributed by atoms with Gasteiger partial charge < -0.3 is 4.74 Å². The summed E-state index contributed by atoms with van der Waals surface area (Å²) in [6.45, 7) is 4.29. The van der Waals surface area contributed by atoms with E-state index in [1.165, 1.54) is 7.11 Å². The van der Waals surface area contributed by atoms with Crippen LogP contribution in [-0.4, -0.2) is 31.0 Å². The number of allylic oxidation sites excluding steroid dienone is 1. The lowest BCUT2D eigenvalue weighted by Gasteiger charge is -2.41. The van der Waals surface area contributed by atoms with E-state index in [4.69, 9.17) is 4.74 Å². The number of hydrogen-bond donors (Lipinski definition) is 0. The Bertz CT molecular complexity index is 441. The Kier molecular flexibility index (Phi) is 5.31. The molecule has 4 heteroatoms. The third-order valence-electron chi connectivity index (χ3n) is 4.70. The number of Topliss-reactive ketones (excluding diaryl/α,β-unsaturated/α-hetero) is 2. The summed E-state index contributed by atoms with van der Waals surface area (Å²) in [5, 5.41) is 0. The average molecular weight is 296 g/mol. The van der Waals surface area contributed by atoms with E-state index in [0.717, 1.165) is 18.4 Å². The van der Waals surface area contributed by atoms with Crippen LogP contribution in [0.4, 0.5) is 4.39 Å². The summed E-state index contributed by atoms with van der Waals surface area (Å²) in [6, 6.07) is 0. The molecular weight excluding hydrogens is 271 g/mol. The molecule has 0 unspecified atom stereocenters. The molecule has 0 N–H and O–H groups in total. The van der Waals surface area contributed by atoms with Crippen LogP contribution in [0, 0.1) is 17.8 Å². The maximum Gasteiger partial charge on any atom is 0.171 e. The van der Waals surface area contributed by atoms with E-state index in [1.807, 2.05) is 6.08 Å². The number of carbonyl (C=O) groups excluding carboxylic acids is 2. The Balaban J connectivity index is 2.24. The highest BCUT2D eigenvalue weighted by atomic mass is 19.1. The van der Waals surface area contributed by atoms with Gasteiger partial charge in [0.05, 0.1) is 0 Å². The van der Waals surface area contributed by atoms with E-state index in [9.17, 15) is 14.0 Å². The van der Waals surface area contributed by atoms with Gasteiger partial charge in [-0.25, -0.2) is 4.39 Å². The van der Waals surface area contributed by atoms with E-state index < -0.39 is 12.3 Å². The predicted octanol–water partition coefficient (Wildman–Crippen LogP) is 3.27. The van der Waals surface area contributed by atoms with Gasteiger partial charge in [-0.15, -0.1) is 0 Å². The first-order valence-corrected chi connectivity index (χ1v) is 7.88. The lowest BCUT2D eigenvalue weighted by atomic mass is 9.65. The third-order valence-corrected chi connectivity index (χ3v) is 4.70. The van der Waals surface area contributed by atoms with Gasteiger partial charge in [0.15, 0.2) is 17.7 Å². The van der Waals surface area contributed by atoms with E-state index in [1.54, 1.807) is 0 Å². The summed E-state index contributed by atoms with van der Waals surface area (Å²) in [6.07, 6.45) is 2.85. The second-order valence-corrected chi connectivity index (χ2v) is 6.62. The Hall–Kier alpha value is -1.03. The summed E-state index contributed by atoms with van der Waals surface area (Å²) in [4.78, 5) is 24.1. The van der Waals surface area contributed by atoms with E-state index >= 15 is 0 Å². The largest absolute Gasteiger partial charge is 0.373 e. The maximum absolute atomic E-state index is 14.0. The molecule has 2 fully saturated rings. The van der Waals surface area contributed by atoms with Gasteiger partial charge in [-0.2, -0.15) is 0 Å². The van der Waals surface area contributed by atoms with Gasteiger partial charge in [0.1, 0.15) is 6.10 Å². The van der Waals surface area contributed by atoms with Gasteiger partial charge in [0.25, 0.3) is 0 Å². The fourth-order valence-electron chi connectivity index (χ4n) is 3.58. The van der Waals surface area contributed by atoms with Crippen LogP contribution in [-0.2, 0) is 14.3 Å². The van der Waals surface area contributed by atoms with Crippen molar-refractivity contribution in [2.24, 2.45) is 17.8 Å². The molecule has 0 saturated heterocycles. The number of rotatable bonds is 4. The zero-order valence-electron chi connectivity index (χ0n) is 13.1. The standard InChI is InChI=1S/C17H25FO3/c1-10(2)5-4-6-11-9-13(18)16(20)12-7-8-14(19)17(21-3)15(11)12/h6,10,12-13,15,17H,4-5,7-9H2,1-3H3/b11-6+/t12-,13-,15+,17+/m0/s1. The molecule has 0 heterocycles. The second kappa shape index (κ2) is 6.82. The molecular formula is C17H25FO3. The first kappa shape index (κ1) is 16.3. The van der Waals surface area contributed by atoms with E-state index in [-0.39, 0.29) is 29.8 Å². The van der Waals surface area contributed by atoms with Crippen LogP contribution in [0.25, 0.3) is 0 Å². The van der Waals surface area contributed by atoms with Crippen molar-refractivity contribution in [1.29, 1.82) is 0 Å². The molecule has 0 spiro atoms. The summed E-state index contributed by atoms with van der Waals surface area (Å²) in [7, 11) is 1.50. The molecule has 0 aromatic rings. The Morgan fingerprint density at radius 2 is 2.10 bits per heavy atom. The molecule has 118 valence electrons. The minimum absolute atomic E-state index is 0.0404. The van der Waals surface area contributed by atoms with Crippen LogP contribution in [0.15, 0.2) is 11.6 Å². The number of ether oxygens (including phenoxy) is 1. The number of halogens is 1. The zero-order chi connectivity index (χ0) is 15.6. The van der Waals surface area contributed by atoms with Crippen molar-refractivity contribution in [3.05, 3.63) is 11.6 Å². The van der Waals surface area contributed by atoms with Crippen LogP contribution in [0.3, 0.4) is 0 Å². The molecule has 0 aliphatic heterocycles. The quantitative estimate of drug-likeness (QED) is 0.748. The van der Waals surface area contributed by atoms with Gasteiger partial charge in [-0.05, 0) is 25.2 Å². The lowest BCUT2D eigenvalue weighted by molar-refractivity contribution is -0.145. The van der Waals surface area contributed by atoms with Gasteiger partial charge in [-0.3, -0.25) is 9.59 Å². The van der Waals surface area contributed by atoms with Crippen LogP contribution < -0.4 is 0 Å². The Labute approximate surface area is 125 Å². The van der Waals surface area contributed by atoms with Crippen LogP contribution >= 0.6 is 0 Å². The highest BCUT2D eigenvalue weighted by Crippen LogP contribution is 2.43. The van der Waals surface area contributed by atoms with Crippen LogP contribution in [0.2, 0.25) is 0 Å². The van der Waals surface area contributed by atoms with Gasteiger partial charge in [0.2, 0.25) is 0 Å². The molecule has 0 amide bonds. The normalized spacial score (nSPS) is 35.4. The maximum atomic E-state index is 14.0. The van der Waals surface area contributed by atoms with Crippen molar-refractivity contribution in [2.45, 2.75) is 58.2 Å². The molecule has 2 aliphatic carbocycles. The topological polar surface area (TPSA) is 43.4 Å². The zero-order valence-corrected chi connectivity index (χ0v) is 13.1. The average Bonchev–Trinajstić information content (AvgIpc) is 2.43. The summed E-state index contributed by atoms with van der Waals surface area (Å²) < 4.78 is 19.3. The van der Waals surface area contributed by atoms with Crippen molar-refractivity contribution >= 4 is 11.6 Å². The first-order valence-electron chi connectivity index (χ1n) is 7.88. The van der Waals surface area contributed by atoms with Gasteiger partial charge in [-0.1, -0.05) is 25.5 Å². The Morgan fingerprint density at radius 3 is 2.71 bits per heavy atom. The smallest absolute Gasteiger partial charge is 0.171 e. The fourth-order valence-corrected chi connectivity index (χ4v) is 3.58. The molecule has 21 heavy (non-hydrogen) atoms. The number of fused-ring (bicyclic) bond motifs is 1. The summed E-state index contributed by atoms with van der Waals surface area (Å²) in [5.41, 5.74) is 0.910. The van der Waals surface area contributed by atoms with Crippen molar-refractivity contribution < 1.29 is 18.7 Å². The van der Waals surface area contributed by atoms with E-state index in [0.29, 0.717) is 18.8 Å². The molecule has 0 aromatic carbocycles. The molecule has 3 nitrogen and oxygen atoms in total. The minimum Gasteiger partial charge on any atom is -0.373 e. The van der Waals surface area contributed by atoms with Gasteiger partial charge in [0, 0.05) is 31.8 Å². The second-order valence-electron chi connectivity index (χ2n) is 6.62. The number of ketones is 2. The molecule has 0 aromatic heterocycles. The number of carbonyl (C=O) groups is 2. The number of alkyl halides is 1. The molecule has 4 atom stereocenters. The van der Waals surface area contributed by atoms with Crippen LogP contribution in [0.1, 0.15) is 46.0 Å². The summed E-state index contributed by atoms with van der Waals surface area (Å²) >= 11 is 0. The van der Waals surface area contributed by atoms with Crippen LogP contribution in [0.5, 0.6) is 0 Å². The monoisotopic (exact) mass is 296 g/mol. The predicted molar refractivity (Wildman–Crippen MR) is 78.7 cm³/mol. The summed E-state index contributed by atoms with van der Waals surface area (Å²) in [5.74, 6) is -0.353. The SMILES string of the molecule is CO[C@@H]1C(=O)CC[C@@H]2C(=O)[C@@H](F)C/C(=C\CCC(C)C)[C@H]21. The highest BCUT2D eigenvalue weighted by Gasteiger charge is 2.49. The molecule has 0 bridgehead atoms. The van der Waals surface area contributed by atoms with Crippen molar-refractivity contribution in [1.82, 2.24) is 0 Å².